The molecule has 0 unspecified atom stereocenters. The van der Waals surface area contributed by atoms with E-state index in [0.29, 0.717) is 19.8 Å². The van der Waals surface area contributed by atoms with Crippen LogP contribution in [0, 0.1) is 0 Å². The van der Waals surface area contributed by atoms with Gasteiger partial charge in [-0.05, 0) is 74.7 Å². The van der Waals surface area contributed by atoms with E-state index in [0.717, 1.165) is 42.5 Å². The van der Waals surface area contributed by atoms with Gasteiger partial charge < -0.3 is 24.5 Å². The van der Waals surface area contributed by atoms with Gasteiger partial charge in [0.1, 0.15) is 18.1 Å². The van der Waals surface area contributed by atoms with Crippen LogP contribution in [0.25, 0.3) is 0 Å². The highest BCUT2D eigenvalue weighted by Crippen LogP contribution is 2.16. The predicted octanol–water partition coefficient (Wildman–Crippen LogP) is 4.67. The van der Waals surface area contributed by atoms with Gasteiger partial charge in [-0.25, -0.2) is 0 Å². The molecule has 0 spiro atoms. The van der Waals surface area contributed by atoms with Gasteiger partial charge in [0.15, 0.2) is 5.96 Å². The molecule has 170 valence electrons. The van der Waals surface area contributed by atoms with Crippen molar-refractivity contribution < 1.29 is 13.9 Å². The van der Waals surface area contributed by atoms with Gasteiger partial charge in [0, 0.05) is 37.8 Å². The normalized spacial score (nSPS) is 11.5. The van der Waals surface area contributed by atoms with E-state index in [-0.39, 0.29) is 6.10 Å². The highest BCUT2D eigenvalue weighted by Gasteiger charge is 2.03. The first-order valence-corrected chi connectivity index (χ1v) is 11.0. The van der Waals surface area contributed by atoms with Crippen LogP contribution in [-0.2, 0) is 17.8 Å². The summed E-state index contributed by atoms with van der Waals surface area (Å²) in [6, 6.07) is 15.7. The number of guanidine groups is 1. The summed E-state index contributed by atoms with van der Waals surface area (Å²) >= 11 is 0. The highest BCUT2D eigenvalue weighted by molar-refractivity contribution is 5.93. The Hall–Kier alpha value is -3.32. The van der Waals surface area contributed by atoms with Crippen molar-refractivity contribution in [3.63, 3.8) is 0 Å². The number of hydrogen-bond acceptors (Lipinski definition) is 5. The highest BCUT2D eigenvalue weighted by atomic mass is 16.5. The second-order valence-corrected chi connectivity index (χ2v) is 7.57. The number of aromatic nitrogens is 1. The third kappa shape index (κ3) is 8.81. The average molecular weight is 437 g/mol. The third-order valence-corrected chi connectivity index (χ3v) is 4.46. The molecule has 32 heavy (non-hydrogen) atoms. The van der Waals surface area contributed by atoms with Crippen molar-refractivity contribution in [3.8, 4) is 5.75 Å². The summed E-state index contributed by atoms with van der Waals surface area (Å²) in [5.41, 5.74) is 2.13. The number of nitrogens with one attached hydrogen (secondary N) is 2. The largest absolute Gasteiger partial charge is 0.491 e. The Morgan fingerprint density at radius 2 is 2.00 bits per heavy atom. The Balaban J connectivity index is 1.50. The Kier molecular flexibility index (Phi) is 9.61. The number of ether oxygens (including phenoxy) is 2. The number of furan rings is 1. The molecule has 0 aliphatic carbocycles. The lowest BCUT2D eigenvalue weighted by Gasteiger charge is -2.14. The zero-order valence-electron chi connectivity index (χ0n) is 18.8. The first-order chi connectivity index (χ1) is 15.7. The minimum Gasteiger partial charge on any atom is -0.491 e. The van der Waals surface area contributed by atoms with Crippen LogP contribution in [0.2, 0.25) is 0 Å². The molecular formula is C25H32N4O3. The van der Waals surface area contributed by atoms with Crippen molar-refractivity contribution in [2.45, 2.75) is 39.4 Å². The van der Waals surface area contributed by atoms with Gasteiger partial charge in [-0.2, -0.15) is 0 Å². The predicted molar refractivity (Wildman–Crippen MR) is 127 cm³/mol. The first-order valence-electron chi connectivity index (χ1n) is 11.0. The lowest BCUT2D eigenvalue weighted by molar-refractivity contribution is 0.105. The molecule has 2 N–H and O–H groups in total. The van der Waals surface area contributed by atoms with Crippen LogP contribution in [0.1, 0.15) is 31.6 Å². The summed E-state index contributed by atoms with van der Waals surface area (Å²) in [6.45, 7) is 6.53. The number of benzene rings is 1. The molecule has 0 saturated carbocycles. The standard InChI is InChI=1S/C25H32N4O3/c1-20(2)32-23-10-8-22(9-11-23)29-25(28-15-12-21-6-3-13-26-18-21)27-14-5-16-30-19-24-7-4-17-31-24/h3-4,6-11,13,17-18,20H,5,12,14-16,19H2,1-2H3,(H2,27,28,29). The lowest BCUT2D eigenvalue weighted by Crippen LogP contribution is -2.32. The van der Waals surface area contributed by atoms with Crippen molar-refractivity contribution >= 4 is 11.6 Å². The lowest BCUT2D eigenvalue weighted by atomic mass is 10.2. The zero-order chi connectivity index (χ0) is 22.4. The van der Waals surface area contributed by atoms with Crippen molar-refractivity contribution in [2.75, 3.05) is 25.0 Å². The Labute approximate surface area is 189 Å². The van der Waals surface area contributed by atoms with Crippen molar-refractivity contribution in [1.82, 2.24) is 10.3 Å². The van der Waals surface area contributed by atoms with Gasteiger partial charge in [0.2, 0.25) is 0 Å². The van der Waals surface area contributed by atoms with Gasteiger partial charge >= 0.3 is 0 Å². The summed E-state index contributed by atoms with van der Waals surface area (Å²) in [5.74, 6) is 2.41. The molecule has 3 aromatic rings. The quantitative estimate of drug-likeness (QED) is 0.244. The molecule has 0 amide bonds. The Morgan fingerprint density at radius 3 is 2.72 bits per heavy atom. The third-order valence-electron chi connectivity index (χ3n) is 4.46. The van der Waals surface area contributed by atoms with E-state index in [2.05, 4.69) is 21.7 Å². The topological polar surface area (TPSA) is 80.9 Å². The van der Waals surface area contributed by atoms with E-state index in [9.17, 15) is 0 Å². The number of rotatable bonds is 12. The van der Waals surface area contributed by atoms with E-state index in [1.54, 1.807) is 12.5 Å². The maximum absolute atomic E-state index is 5.72. The van der Waals surface area contributed by atoms with Crippen molar-refractivity contribution in [3.05, 3.63) is 78.5 Å². The van der Waals surface area contributed by atoms with Crippen LogP contribution < -0.4 is 15.4 Å². The van der Waals surface area contributed by atoms with Gasteiger partial charge in [-0.15, -0.1) is 0 Å². The van der Waals surface area contributed by atoms with Gasteiger partial charge in [0.05, 0.1) is 12.4 Å². The SMILES string of the molecule is CC(C)Oc1ccc(NC(=NCCCOCc2ccco2)NCCc2cccnc2)cc1. The van der Waals surface area contributed by atoms with E-state index in [1.807, 2.05) is 62.5 Å². The minimum absolute atomic E-state index is 0.148. The average Bonchev–Trinajstić information content (AvgIpc) is 3.31. The summed E-state index contributed by atoms with van der Waals surface area (Å²) in [6.07, 6.45) is 7.15. The van der Waals surface area contributed by atoms with Crippen LogP contribution in [0.4, 0.5) is 5.69 Å². The monoisotopic (exact) mass is 436 g/mol. The van der Waals surface area contributed by atoms with Gasteiger partial charge in [-0.1, -0.05) is 6.07 Å². The molecule has 1 aromatic carbocycles. The molecule has 0 fully saturated rings. The van der Waals surface area contributed by atoms with E-state index in [4.69, 9.17) is 18.9 Å². The molecule has 2 aromatic heterocycles. The molecule has 7 nitrogen and oxygen atoms in total. The first kappa shape index (κ1) is 23.3. The van der Waals surface area contributed by atoms with Crippen LogP contribution in [0.15, 0.2) is 76.6 Å². The summed E-state index contributed by atoms with van der Waals surface area (Å²) in [5, 5.41) is 6.77. The number of nitrogens with zero attached hydrogens (tertiary/aromatic N) is 2. The van der Waals surface area contributed by atoms with Crippen LogP contribution in [0.3, 0.4) is 0 Å². The molecule has 0 atom stereocenters. The zero-order valence-corrected chi connectivity index (χ0v) is 18.8. The number of aliphatic imine (C=N–C) groups is 1. The fraction of sp³-hybridized carbons (Fsp3) is 0.360. The number of hydrogen-bond donors (Lipinski definition) is 2. The van der Waals surface area contributed by atoms with E-state index < -0.39 is 0 Å². The molecule has 0 aliphatic heterocycles. The number of anilines is 1. The van der Waals surface area contributed by atoms with Crippen LogP contribution in [-0.4, -0.2) is 36.7 Å². The van der Waals surface area contributed by atoms with Crippen molar-refractivity contribution in [1.29, 1.82) is 0 Å². The second-order valence-electron chi connectivity index (χ2n) is 7.57. The van der Waals surface area contributed by atoms with E-state index in [1.165, 1.54) is 5.56 Å². The van der Waals surface area contributed by atoms with Crippen LogP contribution in [0.5, 0.6) is 5.75 Å². The van der Waals surface area contributed by atoms with Crippen molar-refractivity contribution in [2.24, 2.45) is 4.99 Å². The molecule has 2 heterocycles. The maximum atomic E-state index is 5.72. The fourth-order valence-electron chi connectivity index (χ4n) is 2.96. The Bertz CT molecular complexity index is 910. The van der Waals surface area contributed by atoms with Crippen LogP contribution >= 0.6 is 0 Å². The smallest absolute Gasteiger partial charge is 0.195 e. The van der Waals surface area contributed by atoms with Gasteiger partial charge in [-0.3, -0.25) is 9.98 Å². The molecule has 3 rings (SSSR count). The molecule has 7 heteroatoms. The summed E-state index contributed by atoms with van der Waals surface area (Å²) in [7, 11) is 0. The van der Waals surface area contributed by atoms with E-state index >= 15 is 0 Å². The molecule has 0 radical (unpaired) electrons. The Morgan fingerprint density at radius 1 is 1.12 bits per heavy atom. The maximum Gasteiger partial charge on any atom is 0.195 e. The number of pyridine rings is 1. The van der Waals surface area contributed by atoms with Gasteiger partial charge in [0.25, 0.3) is 0 Å². The molecule has 0 aliphatic rings. The molecule has 0 saturated heterocycles. The fourth-order valence-corrected chi connectivity index (χ4v) is 2.96. The minimum atomic E-state index is 0.148. The molecular weight excluding hydrogens is 404 g/mol. The molecule has 0 bridgehead atoms. The second kappa shape index (κ2) is 13.2. The summed E-state index contributed by atoms with van der Waals surface area (Å²) in [4.78, 5) is 8.87. The summed E-state index contributed by atoms with van der Waals surface area (Å²) < 4.78 is 16.6.